The summed E-state index contributed by atoms with van der Waals surface area (Å²) in [6.45, 7) is 4.05. The summed E-state index contributed by atoms with van der Waals surface area (Å²) < 4.78 is 5.62. The zero-order valence-electron chi connectivity index (χ0n) is 14.2. The van der Waals surface area contributed by atoms with Crippen LogP contribution >= 0.6 is 11.6 Å². The summed E-state index contributed by atoms with van der Waals surface area (Å²) in [4.78, 5) is 14.7. The van der Waals surface area contributed by atoms with Gasteiger partial charge >= 0.3 is 0 Å². The summed E-state index contributed by atoms with van der Waals surface area (Å²) in [5.41, 5.74) is 0.316. The van der Waals surface area contributed by atoms with E-state index in [-0.39, 0.29) is 11.9 Å². The predicted octanol–water partition coefficient (Wildman–Crippen LogP) is 1.91. The number of benzene rings is 1. The first-order valence-corrected chi connectivity index (χ1v) is 9.03. The van der Waals surface area contributed by atoms with Gasteiger partial charge in [0.25, 0.3) is 0 Å². The lowest BCUT2D eigenvalue weighted by molar-refractivity contribution is -0.125. The number of carbonyl (C=O) groups excluding carboxylic acids is 1. The molecule has 2 saturated heterocycles. The maximum absolute atomic E-state index is 12.5. The first kappa shape index (κ1) is 17.5. The minimum Gasteiger partial charge on any atom is -0.490 e. The van der Waals surface area contributed by atoms with Crippen molar-refractivity contribution in [2.24, 2.45) is 5.41 Å². The number of nitrogens with one attached hydrogen (secondary N) is 2. The van der Waals surface area contributed by atoms with Crippen LogP contribution in [0.2, 0.25) is 5.02 Å². The number of nitrogens with zero attached hydrogens (tertiary/aromatic N) is 1. The monoisotopic (exact) mass is 351 g/mol. The summed E-state index contributed by atoms with van der Waals surface area (Å²) in [6, 6.07) is 7.34. The first-order valence-electron chi connectivity index (χ1n) is 8.66. The number of ether oxygens (including phenoxy) is 1. The molecule has 1 spiro atoms. The summed E-state index contributed by atoms with van der Waals surface area (Å²) >= 11 is 6.05. The third-order valence-corrected chi connectivity index (χ3v) is 5.52. The highest BCUT2D eigenvalue weighted by atomic mass is 35.5. The molecule has 1 amide bonds. The van der Waals surface area contributed by atoms with Gasteiger partial charge in [-0.15, -0.1) is 0 Å². The Bertz CT molecular complexity index is 575. The zero-order chi connectivity index (χ0) is 17.0. The average Bonchev–Trinajstić information content (AvgIpc) is 2.89. The van der Waals surface area contributed by atoms with Gasteiger partial charge in [0, 0.05) is 6.54 Å². The van der Waals surface area contributed by atoms with Crippen LogP contribution in [0.5, 0.6) is 5.75 Å². The minimum absolute atomic E-state index is 0.0246. The first-order chi connectivity index (χ1) is 11.6. The minimum atomic E-state index is -0.0246. The van der Waals surface area contributed by atoms with Crippen LogP contribution in [0.3, 0.4) is 0 Å². The Balaban J connectivity index is 1.44. The lowest BCUT2D eigenvalue weighted by atomic mass is 9.77. The fraction of sp³-hybridized carbons (Fsp3) is 0.611. The van der Waals surface area contributed by atoms with E-state index in [0.717, 1.165) is 38.9 Å². The number of piperidine rings is 1. The molecule has 0 bridgehead atoms. The van der Waals surface area contributed by atoms with Crippen molar-refractivity contribution in [3.8, 4) is 5.75 Å². The second-order valence-electron chi connectivity index (χ2n) is 6.95. The number of hydrogen-bond donors (Lipinski definition) is 2. The Labute approximate surface area is 148 Å². The van der Waals surface area contributed by atoms with Crippen molar-refractivity contribution in [3.05, 3.63) is 29.3 Å². The number of likely N-dealkylation sites (tertiary alicyclic amines) is 1. The molecular formula is C18H26ClN3O2. The summed E-state index contributed by atoms with van der Waals surface area (Å²) in [5, 5.41) is 7.00. The van der Waals surface area contributed by atoms with E-state index in [0.29, 0.717) is 29.3 Å². The van der Waals surface area contributed by atoms with Crippen LogP contribution in [-0.4, -0.2) is 56.7 Å². The molecule has 2 fully saturated rings. The van der Waals surface area contributed by atoms with Crippen LogP contribution in [0, 0.1) is 5.41 Å². The average molecular weight is 352 g/mol. The predicted molar refractivity (Wildman–Crippen MR) is 95.5 cm³/mol. The lowest BCUT2D eigenvalue weighted by Gasteiger charge is -2.33. The van der Waals surface area contributed by atoms with E-state index in [1.54, 1.807) is 6.07 Å². The summed E-state index contributed by atoms with van der Waals surface area (Å²) in [7, 11) is 2.06. The maximum atomic E-state index is 12.5. The number of hydrogen-bond acceptors (Lipinski definition) is 4. The van der Waals surface area contributed by atoms with Gasteiger partial charge in [-0.05, 0) is 56.9 Å². The maximum Gasteiger partial charge on any atom is 0.237 e. The van der Waals surface area contributed by atoms with Crippen molar-refractivity contribution in [1.29, 1.82) is 0 Å². The largest absolute Gasteiger partial charge is 0.490 e. The number of halogens is 1. The van der Waals surface area contributed by atoms with Gasteiger partial charge in [-0.1, -0.05) is 23.7 Å². The molecule has 2 aliphatic rings. The van der Waals surface area contributed by atoms with Gasteiger partial charge in [-0.2, -0.15) is 0 Å². The highest BCUT2D eigenvalue weighted by molar-refractivity contribution is 6.32. The van der Waals surface area contributed by atoms with Crippen LogP contribution in [0.4, 0.5) is 0 Å². The molecule has 0 aromatic heterocycles. The van der Waals surface area contributed by atoms with Gasteiger partial charge in [-0.3, -0.25) is 9.69 Å². The fourth-order valence-corrected chi connectivity index (χ4v) is 4.09. The van der Waals surface area contributed by atoms with Gasteiger partial charge < -0.3 is 15.4 Å². The van der Waals surface area contributed by atoms with Gasteiger partial charge in [0.2, 0.25) is 5.91 Å². The molecule has 24 heavy (non-hydrogen) atoms. The molecular weight excluding hydrogens is 326 g/mol. The van der Waals surface area contributed by atoms with Crippen molar-refractivity contribution in [2.45, 2.75) is 25.3 Å². The van der Waals surface area contributed by atoms with Crippen LogP contribution in [-0.2, 0) is 4.79 Å². The smallest absolute Gasteiger partial charge is 0.237 e. The van der Waals surface area contributed by atoms with E-state index in [4.69, 9.17) is 16.3 Å². The Morgan fingerprint density at radius 1 is 1.42 bits per heavy atom. The summed E-state index contributed by atoms with van der Waals surface area (Å²) in [5.74, 6) is 0.760. The van der Waals surface area contributed by atoms with E-state index < -0.39 is 0 Å². The van der Waals surface area contributed by atoms with Gasteiger partial charge in [-0.25, -0.2) is 0 Å². The summed E-state index contributed by atoms with van der Waals surface area (Å²) in [6.07, 6.45) is 3.29. The topological polar surface area (TPSA) is 53.6 Å². The number of carbonyl (C=O) groups is 1. The fourth-order valence-electron chi connectivity index (χ4n) is 3.90. The normalized spacial score (nSPS) is 23.3. The molecule has 6 heteroatoms. The van der Waals surface area contributed by atoms with Crippen molar-refractivity contribution in [3.63, 3.8) is 0 Å². The molecule has 1 atom stereocenters. The van der Waals surface area contributed by atoms with E-state index in [2.05, 4.69) is 22.6 Å². The zero-order valence-corrected chi connectivity index (χ0v) is 14.9. The van der Waals surface area contributed by atoms with E-state index in [1.165, 1.54) is 0 Å². The molecule has 0 saturated carbocycles. The van der Waals surface area contributed by atoms with E-state index in [1.807, 2.05) is 18.2 Å². The Hall–Kier alpha value is -1.30. The Morgan fingerprint density at radius 3 is 2.92 bits per heavy atom. The molecule has 0 aliphatic carbocycles. The Kier molecular flexibility index (Phi) is 5.64. The third-order valence-electron chi connectivity index (χ3n) is 5.21. The van der Waals surface area contributed by atoms with Crippen LogP contribution in [0.15, 0.2) is 24.3 Å². The molecule has 2 N–H and O–H groups in total. The van der Waals surface area contributed by atoms with Crippen LogP contribution in [0.25, 0.3) is 0 Å². The molecule has 1 aromatic carbocycles. The van der Waals surface area contributed by atoms with Crippen LogP contribution < -0.4 is 15.4 Å². The van der Waals surface area contributed by atoms with Crippen molar-refractivity contribution >= 4 is 17.5 Å². The van der Waals surface area contributed by atoms with Crippen LogP contribution in [0.1, 0.15) is 19.3 Å². The van der Waals surface area contributed by atoms with E-state index in [9.17, 15) is 4.79 Å². The highest BCUT2D eigenvalue weighted by Crippen LogP contribution is 2.41. The van der Waals surface area contributed by atoms with Crippen molar-refractivity contribution < 1.29 is 9.53 Å². The number of likely N-dealkylation sites (N-methyl/N-ethyl adjacent to an activating group) is 1. The number of amides is 1. The highest BCUT2D eigenvalue weighted by Gasteiger charge is 2.45. The molecule has 2 aliphatic heterocycles. The quantitative estimate of drug-likeness (QED) is 0.796. The third kappa shape index (κ3) is 4.02. The van der Waals surface area contributed by atoms with Crippen molar-refractivity contribution in [1.82, 2.24) is 15.5 Å². The SMILES string of the molecule is CN1CC2(CCNCC2)C[C@@H]1C(=O)NCCOc1ccccc1Cl. The van der Waals surface area contributed by atoms with Gasteiger partial charge in [0.15, 0.2) is 0 Å². The lowest BCUT2D eigenvalue weighted by Crippen LogP contribution is -2.42. The molecule has 1 aromatic rings. The van der Waals surface area contributed by atoms with E-state index >= 15 is 0 Å². The second kappa shape index (κ2) is 7.72. The molecule has 0 radical (unpaired) electrons. The standard InChI is InChI=1S/C18H26ClN3O2/c1-22-13-18(6-8-20-9-7-18)12-15(22)17(23)21-10-11-24-16-5-3-2-4-14(16)19/h2-5,15,20H,6-13H2,1H3,(H,21,23)/t15-/m1/s1. The van der Waals surface area contributed by atoms with Gasteiger partial charge in [0.05, 0.1) is 17.6 Å². The Morgan fingerprint density at radius 2 is 2.17 bits per heavy atom. The van der Waals surface area contributed by atoms with Crippen molar-refractivity contribution in [2.75, 3.05) is 39.8 Å². The molecule has 0 unspecified atom stereocenters. The molecule has 2 heterocycles. The second-order valence-corrected chi connectivity index (χ2v) is 7.36. The molecule has 3 rings (SSSR count). The van der Waals surface area contributed by atoms with Gasteiger partial charge in [0.1, 0.15) is 12.4 Å². The molecule has 5 nitrogen and oxygen atoms in total. The number of rotatable bonds is 5. The molecule has 132 valence electrons. The number of para-hydroxylation sites is 1.